The Morgan fingerprint density at radius 1 is 1.15 bits per heavy atom. The van der Waals surface area contributed by atoms with Gasteiger partial charge in [-0.3, -0.25) is 0 Å². The largest absolute Gasteiger partial charge is 0.495 e. The third kappa shape index (κ3) is 7.38. The maximum absolute atomic E-state index is 10.1. The molecule has 1 atom stereocenters. The molecule has 0 aliphatic rings. The second kappa shape index (κ2) is 9.94. The van der Waals surface area contributed by atoms with Crippen molar-refractivity contribution >= 4 is 23.2 Å². The molecule has 0 aliphatic heterocycles. The molecule has 0 spiro atoms. The lowest BCUT2D eigenvalue weighted by molar-refractivity contribution is 0.0922. The predicted octanol–water partition coefficient (Wildman–Crippen LogP) is 2.98. The van der Waals surface area contributed by atoms with Crippen LogP contribution in [0.15, 0.2) is 30.3 Å². The number of hydrogen-bond donors (Lipinski definition) is 2. The summed E-state index contributed by atoms with van der Waals surface area (Å²) < 4.78 is 16.3. The maximum atomic E-state index is 10.1. The fourth-order valence-electron chi connectivity index (χ4n) is 2.06. The van der Waals surface area contributed by atoms with Gasteiger partial charge in [-0.25, -0.2) is 0 Å². The summed E-state index contributed by atoms with van der Waals surface area (Å²) in [5, 5.41) is 21.7. The summed E-state index contributed by atoms with van der Waals surface area (Å²) in [5.41, 5.74) is -0.397. The van der Waals surface area contributed by atoms with Crippen molar-refractivity contribution in [3.8, 4) is 17.4 Å². The highest BCUT2D eigenvalue weighted by molar-refractivity contribution is 6.32. The zero-order chi connectivity index (χ0) is 19.9. The molecule has 0 aliphatic carbocycles. The van der Waals surface area contributed by atoms with Crippen molar-refractivity contribution in [2.75, 3.05) is 26.9 Å². The van der Waals surface area contributed by atoms with Gasteiger partial charge in [0.15, 0.2) is 5.15 Å². The molecule has 0 saturated carbocycles. The Morgan fingerprint density at radius 3 is 2.59 bits per heavy atom. The molecule has 148 valence electrons. The molecule has 1 unspecified atom stereocenters. The summed E-state index contributed by atoms with van der Waals surface area (Å²) in [6, 6.07) is 8.33. The van der Waals surface area contributed by atoms with E-state index in [1.807, 2.05) is 13.8 Å². The number of benzene rings is 1. The van der Waals surface area contributed by atoms with Crippen LogP contribution >= 0.6 is 23.2 Å². The summed E-state index contributed by atoms with van der Waals surface area (Å²) >= 11 is 11.7. The summed E-state index contributed by atoms with van der Waals surface area (Å²) in [6.07, 6.45) is -0.707. The van der Waals surface area contributed by atoms with Crippen LogP contribution in [-0.4, -0.2) is 53.8 Å². The number of aromatic nitrogens is 2. The first kappa shape index (κ1) is 21.5. The topological polar surface area (TPSA) is 85.7 Å². The van der Waals surface area contributed by atoms with E-state index in [1.54, 1.807) is 30.3 Å². The zero-order valence-corrected chi connectivity index (χ0v) is 16.9. The maximum Gasteiger partial charge on any atom is 0.233 e. The highest BCUT2D eigenvalue weighted by Crippen LogP contribution is 2.28. The molecule has 2 N–H and O–H groups in total. The number of hydrogen-bond acceptors (Lipinski definition) is 7. The first-order valence-corrected chi connectivity index (χ1v) is 9.06. The number of aliphatic hydroxyl groups excluding tert-OH is 1. The molecular weight excluding hydrogens is 393 g/mol. The molecule has 1 aromatic heterocycles. The Balaban J connectivity index is 1.74. The van der Waals surface area contributed by atoms with Crippen LogP contribution in [0.4, 0.5) is 0 Å². The van der Waals surface area contributed by atoms with Gasteiger partial charge in [-0.15, -0.1) is 10.2 Å². The van der Waals surface area contributed by atoms with E-state index >= 15 is 0 Å². The van der Waals surface area contributed by atoms with Gasteiger partial charge in [-0.05, 0) is 32.0 Å². The van der Waals surface area contributed by atoms with E-state index in [9.17, 15) is 5.11 Å². The average molecular weight is 416 g/mol. The lowest BCUT2D eigenvalue weighted by Crippen LogP contribution is -2.48. The standard InChI is InChI=1S/C18H23Cl2N3O4/c1-18(2,11-27-17-7-6-16(20)22-23-17)21-9-12(24)10-26-13-4-5-14(19)15(8-13)25-3/h4-8,12,21,24H,9-11H2,1-3H3. The van der Waals surface area contributed by atoms with E-state index in [4.69, 9.17) is 37.4 Å². The third-order valence-corrected chi connectivity index (χ3v) is 4.08. The molecule has 7 nitrogen and oxygen atoms in total. The molecule has 1 aromatic carbocycles. The lowest BCUT2D eigenvalue weighted by Gasteiger charge is -2.27. The second-order valence-corrected chi connectivity index (χ2v) is 7.30. The van der Waals surface area contributed by atoms with Gasteiger partial charge in [0.1, 0.15) is 30.8 Å². The van der Waals surface area contributed by atoms with E-state index in [0.29, 0.717) is 40.7 Å². The average Bonchev–Trinajstić information content (AvgIpc) is 2.65. The first-order chi connectivity index (χ1) is 12.8. The Labute approximate surface area is 168 Å². The van der Waals surface area contributed by atoms with E-state index < -0.39 is 11.6 Å². The quantitative estimate of drug-likeness (QED) is 0.616. The van der Waals surface area contributed by atoms with Gasteiger partial charge in [0.2, 0.25) is 5.88 Å². The van der Waals surface area contributed by atoms with Crippen LogP contribution < -0.4 is 19.5 Å². The van der Waals surface area contributed by atoms with Gasteiger partial charge >= 0.3 is 0 Å². The molecule has 0 saturated heterocycles. The lowest BCUT2D eigenvalue weighted by atomic mass is 10.1. The van der Waals surface area contributed by atoms with Crippen molar-refractivity contribution in [1.29, 1.82) is 0 Å². The molecule has 0 fully saturated rings. The molecular formula is C18H23Cl2N3O4. The van der Waals surface area contributed by atoms with Crippen LogP contribution in [0.2, 0.25) is 10.2 Å². The Kier molecular flexibility index (Phi) is 7.91. The molecule has 1 heterocycles. The molecule has 0 radical (unpaired) electrons. The van der Waals surface area contributed by atoms with E-state index in [-0.39, 0.29) is 6.61 Å². The molecule has 2 aromatic rings. The number of nitrogens with zero attached hydrogens (tertiary/aromatic N) is 2. The number of ether oxygens (including phenoxy) is 3. The Hall–Kier alpha value is -1.80. The molecule has 27 heavy (non-hydrogen) atoms. The van der Waals surface area contributed by atoms with Gasteiger partial charge in [0, 0.05) is 24.2 Å². The minimum absolute atomic E-state index is 0.122. The first-order valence-electron chi connectivity index (χ1n) is 8.30. The fraction of sp³-hybridized carbons (Fsp3) is 0.444. The number of methoxy groups -OCH3 is 1. The monoisotopic (exact) mass is 415 g/mol. The number of β-amino-alcohol motifs (C(OH)–C–C–N with tert-alkyl or cyclic N) is 1. The van der Waals surface area contributed by atoms with Crippen LogP contribution in [0.3, 0.4) is 0 Å². The van der Waals surface area contributed by atoms with Crippen molar-refractivity contribution < 1.29 is 19.3 Å². The van der Waals surface area contributed by atoms with Crippen molar-refractivity contribution in [2.45, 2.75) is 25.5 Å². The minimum atomic E-state index is -0.707. The Bertz CT molecular complexity index is 729. The van der Waals surface area contributed by atoms with Gasteiger partial charge < -0.3 is 24.6 Å². The summed E-state index contributed by atoms with van der Waals surface area (Å²) in [7, 11) is 1.53. The Morgan fingerprint density at radius 2 is 1.93 bits per heavy atom. The predicted molar refractivity (Wildman–Crippen MR) is 104 cm³/mol. The summed E-state index contributed by atoms with van der Waals surface area (Å²) in [6.45, 7) is 4.69. The van der Waals surface area contributed by atoms with Crippen LogP contribution in [0, 0.1) is 0 Å². The SMILES string of the molecule is COc1cc(OCC(O)CNC(C)(C)COc2ccc(Cl)nn2)ccc1Cl. The van der Waals surface area contributed by atoms with Gasteiger partial charge in [0.05, 0.1) is 12.1 Å². The third-order valence-electron chi connectivity index (χ3n) is 3.57. The van der Waals surface area contributed by atoms with Crippen molar-refractivity contribution in [1.82, 2.24) is 15.5 Å². The van der Waals surface area contributed by atoms with Crippen LogP contribution in [0.5, 0.6) is 17.4 Å². The van der Waals surface area contributed by atoms with Crippen LogP contribution in [0.1, 0.15) is 13.8 Å². The number of aliphatic hydroxyl groups is 1. The fourth-order valence-corrected chi connectivity index (χ4v) is 2.36. The smallest absolute Gasteiger partial charge is 0.233 e. The molecule has 9 heteroatoms. The van der Waals surface area contributed by atoms with E-state index in [2.05, 4.69) is 15.5 Å². The zero-order valence-electron chi connectivity index (χ0n) is 15.4. The van der Waals surface area contributed by atoms with Gasteiger partial charge in [0.25, 0.3) is 0 Å². The minimum Gasteiger partial charge on any atom is -0.495 e. The van der Waals surface area contributed by atoms with Crippen LogP contribution in [-0.2, 0) is 0 Å². The van der Waals surface area contributed by atoms with Gasteiger partial charge in [-0.2, -0.15) is 0 Å². The summed E-state index contributed by atoms with van der Waals surface area (Å²) in [4.78, 5) is 0. The van der Waals surface area contributed by atoms with E-state index in [1.165, 1.54) is 7.11 Å². The van der Waals surface area contributed by atoms with Crippen molar-refractivity contribution in [3.63, 3.8) is 0 Å². The molecule has 0 amide bonds. The van der Waals surface area contributed by atoms with Crippen molar-refractivity contribution in [2.24, 2.45) is 0 Å². The molecule has 2 rings (SSSR count). The molecule has 0 bridgehead atoms. The van der Waals surface area contributed by atoms with Gasteiger partial charge in [-0.1, -0.05) is 23.2 Å². The number of halogens is 2. The van der Waals surface area contributed by atoms with E-state index in [0.717, 1.165) is 0 Å². The van der Waals surface area contributed by atoms with Crippen molar-refractivity contribution in [3.05, 3.63) is 40.5 Å². The second-order valence-electron chi connectivity index (χ2n) is 6.51. The van der Waals surface area contributed by atoms with Crippen LogP contribution in [0.25, 0.3) is 0 Å². The summed E-state index contributed by atoms with van der Waals surface area (Å²) in [5.74, 6) is 1.47. The highest BCUT2D eigenvalue weighted by Gasteiger charge is 2.20. The normalized spacial score (nSPS) is 12.5. The highest BCUT2D eigenvalue weighted by atomic mass is 35.5. The number of rotatable bonds is 10. The number of nitrogens with one attached hydrogen (secondary N) is 1.